The van der Waals surface area contributed by atoms with Gasteiger partial charge in [-0.1, -0.05) is 0 Å². The van der Waals surface area contributed by atoms with Gasteiger partial charge in [-0.05, 0) is 43.6 Å². The predicted octanol–water partition coefficient (Wildman–Crippen LogP) is 2.28. The largest absolute Gasteiger partial charge is 0.362 e. The molecule has 2 rings (SSSR count). The lowest BCUT2D eigenvalue weighted by Crippen LogP contribution is -2.31. The van der Waals surface area contributed by atoms with Gasteiger partial charge in [0.25, 0.3) is 0 Å². The van der Waals surface area contributed by atoms with E-state index < -0.39 is 0 Å². The second kappa shape index (κ2) is 6.21. The molecule has 3 atom stereocenters. The van der Waals surface area contributed by atoms with Gasteiger partial charge in [0.15, 0.2) is 0 Å². The van der Waals surface area contributed by atoms with E-state index in [2.05, 4.69) is 24.0 Å². The first kappa shape index (κ1) is 12.6. The summed E-state index contributed by atoms with van der Waals surface area (Å²) in [5.41, 5.74) is 0. The maximum atomic E-state index is 5.65. The quantitative estimate of drug-likeness (QED) is 0.796. The van der Waals surface area contributed by atoms with E-state index in [1.807, 2.05) is 0 Å². The van der Waals surface area contributed by atoms with Gasteiger partial charge in [0.1, 0.15) is 6.23 Å². The first-order valence-electron chi connectivity index (χ1n) is 5.30. The summed E-state index contributed by atoms with van der Waals surface area (Å²) in [6.07, 6.45) is 4.37. The van der Waals surface area contributed by atoms with Gasteiger partial charge in [-0.25, -0.2) is 0 Å². The van der Waals surface area contributed by atoms with Crippen molar-refractivity contribution in [3.8, 4) is 0 Å². The van der Waals surface area contributed by atoms with E-state index in [1.54, 1.807) is 0 Å². The minimum absolute atomic E-state index is 0. The topological polar surface area (TPSA) is 21.3 Å². The average Bonchev–Trinajstić information content (AvgIpc) is 2.53. The maximum Gasteiger partial charge on any atom is 0.108 e. The van der Waals surface area contributed by atoms with Crippen molar-refractivity contribution in [1.82, 2.24) is 5.32 Å². The van der Waals surface area contributed by atoms with Crippen LogP contribution in [0.15, 0.2) is 0 Å². The number of hydrogen-bond acceptors (Lipinski definition) is 3. The van der Waals surface area contributed by atoms with Gasteiger partial charge in [0.2, 0.25) is 0 Å². The molecule has 1 N–H and O–H groups in total. The third kappa shape index (κ3) is 3.61. The van der Waals surface area contributed by atoms with Crippen molar-refractivity contribution in [2.45, 2.75) is 38.5 Å². The zero-order valence-corrected chi connectivity index (χ0v) is 10.3. The Morgan fingerprint density at radius 3 is 2.93 bits per heavy atom. The zero-order chi connectivity index (χ0) is 9.10. The maximum absolute atomic E-state index is 5.65. The molecule has 2 aliphatic rings. The van der Waals surface area contributed by atoms with Crippen LogP contribution in [-0.4, -0.2) is 30.4 Å². The Bertz CT molecular complexity index is 161. The first-order valence-corrected chi connectivity index (χ1v) is 6.45. The van der Waals surface area contributed by atoms with Crippen molar-refractivity contribution < 1.29 is 4.74 Å². The number of ether oxygens (including phenoxy) is 1. The molecule has 0 saturated carbocycles. The predicted molar refractivity (Wildman–Crippen MR) is 64.3 cm³/mol. The molecule has 0 aromatic rings. The molecule has 14 heavy (non-hydrogen) atoms. The first-order chi connectivity index (χ1) is 6.34. The molecule has 3 unspecified atom stereocenters. The monoisotopic (exact) mass is 237 g/mol. The smallest absolute Gasteiger partial charge is 0.108 e. The minimum Gasteiger partial charge on any atom is -0.362 e. The second-order valence-electron chi connectivity index (χ2n) is 4.21. The number of rotatable bonds is 2. The molecule has 4 heteroatoms. The normalized spacial score (nSPS) is 37.9. The van der Waals surface area contributed by atoms with Crippen LogP contribution in [-0.2, 0) is 4.74 Å². The van der Waals surface area contributed by atoms with Crippen LogP contribution in [0.25, 0.3) is 0 Å². The van der Waals surface area contributed by atoms with Crippen molar-refractivity contribution >= 4 is 24.2 Å². The van der Waals surface area contributed by atoms with Crippen LogP contribution in [0.4, 0.5) is 0 Å². The van der Waals surface area contributed by atoms with Crippen LogP contribution in [0.5, 0.6) is 0 Å². The molecule has 0 spiro atoms. The number of nitrogens with one attached hydrogen (secondary N) is 1. The lowest BCUT2D eigenvalue weighted by Gasteiger charge is -2.23. The van der Waals surface area contributed by atoms with Crippen molar-refractivity contribution in [3.05, 3.63) is 0 Å². The number of hydrogen-bond donors (Lipinski definition) is 1. The van der Waals surface area contributed by atoms with Crippen LogP contribution < -0.4 is 5.32 Å². The molecule has 2 aliphatic heterocycles. The van der Waals surface area contributed by atoms with E-state index in [-0.39, 0.29) is 12.4 Å². The Morgan fingerprint density at radius 2 is 2.36 bits per heavy atom. The van der Waals surface area contributed by atoms with Crippen LogP contribution in [0.3, 0.4) is 0 Å². The van der Waals surface area contributed by atoms with E-state index in [0.29, 0.717) is 12.3 Å². The fourth-order valence-corrected chi connectivity index (χ4v) is 3.28. The number of halogens is 1. The molecule has 2 fully saturated rings. The highest BCUT2D eigenvalue weighted by Crippen LogP contribution is 2.27. The summed E-state index contributed by atoms with van der Waals surface area (Å²) in [7, 11) is 0. The fraction of sp³-hybridized carbons (Fsp3) is 1.00. The third-order valence-corrected chi connectivity index (χ3v) is 4.10. The lowest BCUT2D eigenvalue weighted by atomic mass is 10.0. The van der Waals surface area contributed by atoms with Crippen LogP contribution in [0.1, 0.15) is 26.2 Å². The van der Waals surface area contributed by atoms with Crippen molar-refractivity contribution in [1.29, 1.82) is 0 Å². The Morgan fingerprint density at radius 1 is 1.50 bits per heavy atom. The molecule has 84 valence electrons. The van der Waals surface area contributed by atoms with Crippen LogP contribution in [0, 0.1) is 5.92 Å². The van der Waals surface area contributed by atoms with Gasteiger partial charge in [-0.2, -0.15) is 11.8 Å². The van der Waals surface area contributed by atoms with E-state index in [9.17, 15) is 0 Å². The molecule has 0 radical (unpaired) electrons. The van der Waals surface area contributed by atoms with E-state index in [0.717, 1.165) is 12.5 Å². The van der Waals surface area contributed by atoms with Gasteiger partial charge in [-0.3, -0.25) is 5.32 Å². The fourth-order valence-electron chi connectivity index (χ4n) is 2.11. The van der Waals surface area contributed by atoms with Crippen LogP contribution in [0.2, 0.25) is 0 Å². The van der Waals surface area contributed by atoms with Crippen LogP contribution >= 0.6 is 24.2 Å². The molecule has 0 bridgehead atoms. The summed E-state index contributed by atoms with van der Waals surface area (Å²) in [5.74, 6) is 3.60. The minimum atomic E-state index is 0. The average molecular weight is 238 g/mol. The van der Waals surface area contributed by atoms with Gasteiger partial charge in [-0.15, -0.1) is 12.4 Å². The summed E-state index contributed by atoms with van der Waals surface area (Å²) >= 11 is 2.10. The molecule has 0 aromatic heterocycles. The molecule has 2 saturated heterocycles. The van der Waals surface area contributed by atoms with E-state index >= 15 is 0 Å². The van der Waals surface area contributed by atoms with Gasteiger partial charge in [0, 0.05) is 6.04 Å². The molecule has 0 aromatic carbocycles. The van der Waals surface area contributed by atoms with Gasteiger partial charge < -0.3 is 4.74 Å². The van der Waals surface area contributed by atoms with Crippen molar-refractivity contribution in [2.75, 3.05) is 18.1 Å². The Hall–Kier alpha value is 0.560. The van der Waals surface area contributed by atoms with E-state index in [1.165, 1.54) is 30.8 Å². The summed E-state index contributed by atoms with van der Waals surface area (Å²) in [5, 5.41) is 3.47. The van der Waals surface area contributed by atoms with Crippen molar-refractivity contribution in [3.63, 3.8) is 0 Å². The summed E-state index contributed by atoms with van der Waals surface area (Å²) in [6.45, 7) is 3.08. The molecule has 2 nitrogen and oxygen atoms in total. The molecular weight excluding hydrogens is 218 g/mol. The number of thioether (sulfide) groups is 1. The van der Waals surface area contributed by atoms with E-state index in [4.69, 9.17) is 4.74 Å². The summed E-state index contributed by atoms with van der Waals surface area (Å²) < 4.78 is 5.65. The SMILES string of the molecule is CC1COC(CC2CCCSC2)N1.Cl. The molecule has 0 amide bonds. The van der Waals surface area contributed by atoms with Gasteiger partial charge >= 0.3 is 0 Å². The highest BCUT2D eigenvalue weighted by molar-refractivity contribution is 7.99. The molecular formula is C10H20ClNOS. The van der Waals surface area contributed by atoms with Gasteiger partial charge in [0.05, 0.1) is 6.61 Å². The summed E-state index contributed by atoms with van der Waals surface area (Å²) in [6, 6.07) is 0.557. The second-order valence-corrected chi connectivity index (χ2v) is 5.36. The Labute approximate surface area is 97.0 Å². The standard InChI is InChI=1S/C10H19NOS.ClH/c1-8-6-12-10(11-8)5-9-3-2-4-13-7-9;/h8-11H,2-7H2,1H3;1H. The highest BCUT2D eigenvalue weighted by atomic mass is 35.5. The third-order valence-electron chi connectivity index (χ3n) is 2.82. The summed E-state index contributed by atoms with van der Waals surface area (Å²) in [4.78, 5) is 0. The lowest BCUT2D eigenvalue weighted by molar-refractivity contribution is 0.0802. The molecule has 2 heterocycles. The zero-order valence-electron chi connectivity index (χ0n) is 8.70. The molecule has 0 aliphatic carbocycles. The highest BCUT2D eigenvalue weighted by Gasteiger charge is 2.25. The Kier molecular flexibility index (Phi) is 5.60. The van der Waals surface area contributed by atoms with Crippen molar-refractivity contribution in [2.24, 2.45) is 5.92 Å². The Balaban J connectivity index is 0.000000980.